The minimum Gasteiger partial charge on any atom is -0.440 e. The summed E-state index contributed by atoms with van der Waals surface area (Å²) < 4.78 is 5.54. The highest BCUT2D eigenvalue weighted by Gasteiger charge is 1.89. The van der Waals surface area contributed by atoms with Crippen LogP contribution in [-0.2, 0) is 0 Å². The lowest BCUT2D eigenvalue weighted by atomic mass is 10.6. The summed E-state index contributed by atoms with van der Waals surface area (Å²) in [7, 11) is 0. The second-order valence-corrected chi connectivity index (χ2v) is 2.16. The molecule has 0 saturated heterocycles. The molecule has 1 heterocycles. The van der Waals surface area contributed by atoms with Gasteiger partial charge in [0.25, 0.3) is 3.90 Å². The van der Waals surface area contributed by atoms with Crippen molar-refractivity contribution in [1.82, 2.24) is 4.98 Å². The van der Waals surface area contributed by atoms with Gasteiger partial charge in [0.05, 0.1) is 5.69 Å². The molecule has 0 fully saturated rings. The van der Waals surface area contributed by atoms with E-state index >= 15 is 0 Å². The van der Waals surface area contributed by atoms with E-state index in [2.05, 4.69) is 4.98 Å². The molecule has 3 heteroatoms. The van der Waals surface area contributed by atoms with Crippen LogP contribution < -0.4 is 0 Å². The highest BCUT2D eigenvalue weighted by Crippen LogP contribution is 2.01. The molecule has 0 aliphatic carbocycles. The number of aromatic nitrogens is 1. The minimum absolute atomic E-state index is 0.704. The van der Waals surface area contributed by atoms with Gasteiger partial charge in [-0.2, -0.15) is 0 Å². The summed E-state index contributed by atoms with van der Waals surface area (Å²) in [4.78, 5) is 3.93. The second kappa shape index (κ2) is 1.81. The van der Waals surface area contributed by atoms with Gasteiger partial charge in [-0.1, -0.05) is 0 Å². The summed E-state index contributed by atoms with van der Waals surface area (Å²) in [5.41, 5.74) is 0.935. The second-order valence-electron chi connectivity index (χ2n) is 1.24. The molecule has 0 bridgehead atoms. The highest BCUT2D eigenvalue weighted by molar-refractivity contribution is 14.1. The fourth-order valence-corrected chi connectivity index (χ4v) is 0.833. The average Bonchev–Trinajstić information content (AvgIpc) is 1.87. The Kier molecular flexibility index (Phi) is 1.32. The molecular formula is C4H4INO. The molecule has 0 aromatic carbocycles. The number of hydrogen-bond acceptors (Lipinski definition) is 2. The molecule has 2 nitrogen and oxygen atoms in total. The van der Waals surface area contributed by atoms with Crippen LogP contribution in [0.3, 0.4) is 0 Å². The molecule has 0 saturated carbocycles. The summed E-state index contributed by atoms with van der Waals surface area (Å²) in [5.74, 6) is 0. The molecule has 0 N–H and O–H groups in total. The van der Waals surface area contributed by atoms with Gasteiger partial charge in [-0.3, -0.25) is 0 Å². The van der Waals surface area contributed by atoms with E-state index in [-0.39, 0.29) is 0 Å². The predicted octanol–water partition coefficient (Wildman–Crippen LogP) is 1.59. The first-order valence-corrected chi connectivity index (χ1v) is 2.94. The van der Waals surface area contributed by atoms with E-state index in [1.54, 1.807) is 6.26 Å². The standard InChI is InChI=1S/C4H4INO/c1-3-2-7-4(5)6-3/h2H,1H3. The Morgan fingerprint density at radius 1 is 1.86 bits per heavy atom. The third kappa shape index (κ3) is 1.15. The Morgan fingerprint density at radius 2 is 2.57 bits per heavy atom. The summed E-state index contributed by atoms with van der Waals surface area (Å²) in [6.07, 6.45) is 1.63. The molecule has 1 aromatic rings. The number of rotatable bonds is 0. The molecule has 0 unspecified atom stereocenters. The van der Waals surface area contributed by atoms with E-state index in [4.69, 9.17) is 4.42 Å². The van der Waals surface area contributed by atoms with Crippen molar-refractivity contribution in [2.24, 2.45) is 0 Å². The largest absolute Gasteiger partial charge is 0.440 e. The van der Waals surface area contributed by atoms with Gasteiger partial charge < -0.3 is 4.42 Å². The van der Waals surface area contributed by atoms with Crippen molar-refractivity contribution >= 4 is 22.6 Å². The highest BCUT2D eigenvalue weighted by atomic mass is 127. The molecule has 0 amide bonds. The molecule has 1 aromatic heterocycles. The molecule has 0 spiro atoms. The maximum atomic E-state index is 4.84. The number of halogens is 1. The Balaban J connectivity index is 3.04. The van der Waals surface area contributed by atoms with Gasteiger partial charge in [0.1, 0.15) is 6.26 Å². The van der Waals surface area contributed by atoms with Crippen LogP contribution in [0.25, 0.3) is 0 Å². The predicted molar refractivity (Wildman–Crippen MR) is 34.0 cm³/mol. The number of aryl methyl sites for hydroxylation is 1. The van der Waals surface area contributed by atoms with Crippen molar-refractivity contribution < 1.29 is 4.42 Å². The fourth-order valence-electron chi connectivity index (χ4n) is 0.325. The van der Waals surface area contributed by atoms with Crippen LogP contribution in [-0.4, -0.2) is 4.98 Å². The van der Waals surface area contributed by atoms with Gasteiger partial charge in [-0.05, 0) is 6.92 Å². The van der Waals surface area contributed by atoms with Crippen LogP contribution in [0.5, 0.6) is 0 Å². The molecule has 7 heavy (non-hydrogen) atoms. The van der Waals surface area contributed by atoms with E-state index in [1.165, 1.54) is 0 Å². The Labute approximate surface area is 55.1 Å². The molecule has 0 aliphatic heterocycles. The zero-order valence-electron chi connectivity index (χ0n) is 3.81. The first kappa shape index (κ1) is 5.08. The van der Waals surface area contributed by atoms with Crippen LogP contribution in [0.4, 0.5) is 0 Å². The number of nitrogens with zero attached hydrogens (tertiary/aromatic N) is 1. The summed E-state index contributed by atoms with van der Waals surface area (Å²) in [5, 5.41) is 0. The minimum atomic E-state index is 0.704. The Morgan fingerprint density at radius 3 is 2.71 bits per heavy atom. The van der Waals surface area contributed by atoms with Gasteiger partial charge in [-0.25, -0.2) is 4.98 Å². The van der Waals surface area contributed by atoms with E-state index in [0.29, 0.717) is 3.90 Å². The van der Waals surface area contributed by atoms with Crippen molar-refractivity contribution in [1.29, 1.82) is 0 Å². The summed E-state index contributed by atoms with van der Waals surface area (Å²) in [6, 6.07) is 0. The zero-order valence-corrected chi connectivity index (χ0v) is 5.97. The van der Waals surface area contributed by atoms with Gasteiger partial charge in [0, 0.05) is 22.6 Å². The molecule has 0 atom stereocenters. The lowest BCUT2D eigenvalue weighted by Gasteiger charge is -1.66. The third-order valence-electron chi connectivity index (χ3n) is 0.591. The van der Waals surface area contributed by atoms with Crippen LogP contribution in [0.1, 0.15) is 5.69 Å². The molecule has 0 radical (unpaired) electrons. The first-order chi connectivity index (χ1) is 3.29. The monoisotopic (exact) mass is 209 g/mol. The fraction of sp³-hybridized carbons (Fsp3) is 0.250. The van der Waals surface area contributed by atoms with Gasteiger partial charge >= 0.3 is 0 Å². The third-order valence-corrected chi connectivity index (χ3v) is 1.09. The smallest absolute Gasteiger partial charge is 0.257 e. The van der Waals surface area contributed by atoms with Crippen molar-refractivity contribution in [3.05, 3.63) is 15.9 Å². The van der Waals surface area contributed by atoms with Crippen LogP contribution in [0, 0.1) is 10.8 Å². The van der Waals surface area contributed by atoms with E-state index in [9.17, 15) is 0 Å². The first-order valence-electron chi connectivity index (χ1n) is 1.86. The Bertz CT molecular complexity index is 144. The topological polar surface area (TPSA) is 26.0 Å². The molecule has 38 valence electrons. The zero-order chi connectivity index (χ0) is 5.28. The lowest BCUT2D eigenvalue weighted by Crippen LogP contribution is -1.66. The summed E-state index contributed by atoms with van der Waals surface area (Å²) >= 11 is 2.02. The number of oxazole rings is 1. The van der Waals surface area contributed by atoms with Gasteiger partial charge in [0.2, 0.25) is 0 Å². The van der Waals surface area contributed by atoms with E-state index in [1.807, 2.05) is 29.5 Å². The van der Waals surface area contributed by atoms with E-state index < -0.39 is 0 Å². The molecule has 1 rings (SSSR count). The molecule has 0 aliphatic rings. The lowest BCUT2D eigenvalue weighted by molar-refractivity contribution is 0.525. The maximum absolute atomic E-state index is 4.84. The quantitative estimate of drug-likeness (QED) is 0.606. The van der Waals surface area contributed by atoms with Gasteiger partial charge in [-0.15, -0.1) is 0 Å². The maximum Gasteiger partial charge on any atom is 0.257 e. The SMILES string of the molecule is Cc1coc(I)n1. The van der Waals surface area contributed by atoms with Crippen molar-refractivity contribution in [3.63, 3.8) is 0 Å². The van der Waals surface area contributed by atoms with Crippen molar-refractivity contribution in [3.8, 4) is 0 Å². The van der Waals surface area contributed by atoms with Crippen LogP contribution in [0.15, 0.2) is 10.7 Å². The van der Waals surface area contributed by atoms with Crippen LogP contribution in [0.2, 0.25) is 0 Å². The van der Waals surface area contributed by atoms with Crippen molar-refractivity contribution in [2.75, 3.05) is 0 Å². The Hall–Kier alpha value is -0.0600. The number of hydrogen-bond donors (Lipinski definition) is 0. The normalized spacial score (nSPS) is 9.43. The summed E-state index contributed by atoms with van der Waals surface area (Å²) in [6.45, 7) is 1.89. The van der Waals surface area contributed by atoms with Crippen molar-refractivity contribution in [2.45, 2.75) is 6.92 Å². The molecular weight excluding hydrogens is 205 g/mol. The van der Waals surface area contributed by atoms with E-state index in [0.717, 1.165) is 5.69 Å². The van der Waals surface area contributed by atoms with Gasteiger partial charge in [0.15, 0.2) is 0 Å². The van der Waals surface area contributed by atoms with Crippen LogP contribution >= 0.6 is 22.6 Å². The average molecular weight is 209 g/mol.